The molecule has 1 aromatic carbocycles. The second-order valence-corrected chi connectivity index (χ2v) is 4.31. The van der Waals surface area contributed by atoms with Crippen molar-refractivity contribution in [2.75, 3.05) is 5.73 Å². The van der Waals surface area contributed by atoms with Crippen LogP contribution in [0.2, 0.25) is 10.0 Å². The lowest BCUT2D eigenvalue weighted by molar-refractivity contribution is -0.386. The van der Waals surface area contributed by atoms with E-state index in [1.807, 2.05) is 0 Å². The molecule has 0 fully saturated rings. The van der Waals surface area contributed by atoms with Gasteiger partial charge in [-0.1, -0.05) is 23.2 Å². The van der Waals surface area contributed by atoms with Crippen molar-refractivity contribution in [2.24, 2.45) is 0 Å². The Morgan fingerprint density at radius 3 is 2.58 bits per heavy atom. The van der Waals surface area contributed by atoms with Crippen LogP contribution < -0.4 is 10.5 Å². The molecule has 0 aliphatic carbocycles. The first-order valence-corrected chi connectivity index (χ1v) is 5.77. The number of nitrogens with zero attached hydrogens (tertiary/aromatic N) is 2. The zero-order chi connectivity index (χ0) is 14.0. The number of benzene rings is 1. The molecule has 2 rings (SSSR count). The van der Waals surface area contributed by atoms with E-state index in [-0.39, 0.29) is 28.2 Å². The number of ether oxygens (including phenoxy) is 1. The lowest BCUT2D eigenvalue weighted by Crippen LogP contribution is -1.98. The van der Waals surface area contributed by atoms with Crippen LogP contribution in [-0.2, 0) is 0 Å². The van der Waals surface area contributed by atoms with Gasteiger partial charge in [0.05, 0.1) is 15.0 Å². The van der Waals surface area contributed by atoms with Gasteiger partial charge in [-0.3, -0.25) is 10.1 Å². The van der Waals surface area contributed by atoms with Crippen LogP contribution in [0.5, 0.6) is 11.6 Å². The molecule has 19 heavy (non-hydrogen) atoms. The maximum absolute atomic E-state index is 10.8. The molecular weight excluding hydrogens is 293 g/mol. The van der Waals surface area contributed by atoms with Gasteiger partial charge in [0.15, 0.2) is 0 Å². The van der Waals surface area contributed by atoms with Crippen LogP contribution in [0.4, 0.5) is 11.5 Å². The predicted molar refractivity (Wildman–Crippen MR) is 71.8 cm³/mol. The first-order chi connectivity index (χ1) is 8.97. The Morgan fingerprint density at radius 1 is 1.21 bits per heavy atom. The minimum Gasteiger partial charge on any atom is -0.434 e. The smallest absolute Gasteiger partial charge is 0.331 e. The number of hydrogen-bond acceptors (Lipinski definition) is 5. The fourth-order valence-corrected chi connectivity index (χ4v) is 1.60. The topological polar surface area (TPSA) is 91.3 Å². The molecule has 0 amide bonds. The van der Waals surface area contributed by atoms with Gasteiger partial charge >= 0.3 is 11.6 Å². The van der Waals surface area contributed by atoms with Gasteiger partial charge in [-0.05, 0) is 18.2 Å². The van der Waals surface area contributed by atoms with Crippen LogP contribution in [0, 0.1) is 10.1 Å². The van der Waals surface area contributed by atoms with Crippen molar-refractivity contribution in [1.29, 1.82) is 0 Å². The third kappa shape index (κ3) is 3.04. The summed E-state index contributed by atoms with van der Waals surface area (Å²) in [6.45, 7) is 0. The van der Waals surface area contributed by atoms with E-state index in [1.165, 1.54) is 30.3 Å². The van der Waals surface area contributed by atoms with Gasteiger partial charge in [0, 0.05) is 12.1 Å². The van der Waals surface area contributed by atoms with Crippen molar-refractivity contribution in [3.63, 3.8) is 0 Å². The first kappa shape index (κ1) is 13.4. The summed E-state index contributed by atoms with van der Waals surface area (Å²) in [5, 5.41) is 11.5. The van der Waals surface area contributed by atoms with E-state index in [2.05, 4.69) is 4.98 Å². The third-order valence-corrected chi connectivity index (χ3v) is 2.90. The highest BCUT2D eigenvalue weighted by Crippen LogP contribution is 2.33. The van der Waals surface area contributed by atoms with Crippen molar-refractivity contribution in [2.45, 2.75) is 0 Å². The number of nitro groups is 1. The van der Waals surface area contributed by atoms with Gasteiger partial charge in [0.25, 0.3) is 0 Å². The quantitative estimate of drug-likeness (QED) is 0.689. The molecule has 98 valence electrons. The molecule has 1 aromatic heterocycles. The second kappa shape index (κ2) is 5.29. The van der Waals surface area contributed by atoms with Crippen molar-refractivity contribution >= 4 is 34.7 Å². The maximum Gasteiger partial charge on any atom is 0.331 e. The molecule has 0 aliphatic heterocycles. The molecule has 0 atom stereocenters. The molecule has 6 nitrogen and oxygen atoms in total. The zero-order valence-corrected chi connectivity index (χ0v) is 10.9. The normalized spacial score (nSPS) is 10.2. The second-order valence-electron chi connectivity index (χ2n) is 3.50. The first-order valence-electron chi connectivity index (χ1n) is 5.01. The number of nitrogen functional groups attached to an aromatic ring is 1. The maximum atomic E-state index is 10.8. The molecule has 0 radical (unpaired) electrons. The molecule has 0 unspecified atom stereocenters. The summed E-state index contributed by atoms with van der Waals surface area (Å²) in [6.07, 6.45) is 0. The number of halogens is 2. The van der Waals surface area contributed by atoms with Crippen molar-refractivity contribution < 1.29 is 9.66 Å². The number of nitrogens with two attached hydrogens (primary N) is 1. The number of aromatic nitrogens is 1. The molecule has 8 heteroatoms. The van der Waals surface area contributed by atoms with E-state index in [0.29, 0.717) is 5.02 Å². The number of anilines is 1. The van der Waals surface area contributed by atoms with Crippen LogP contribution in [0.3, 0.4) is 0 Å². The van der Waals surface area contributed by atoms with E-state index in [4.69, 9.17) is 33.7 Å². The Bertz CT molecular complexity index is 649. The van der Waals surface area contributed by atoms with Gasteiger partial charge < -0.3 is 10.5 Å². The molecule has 0 spiro atoms. The summed E-state index contributed by atoms with van der Waals surface area (Å²) in [5.74, 6) is 0.180. The molecule has 2 aromatic rings. The summed E-state index contributed by atoms with van der Waals surface area (Å²) in [5.41, 5.74) is 5.18. The monoisotopic (exact) mass is 299 g/mol. The van der Waals surface area contributed by atoms with Crippen molar-refractivity contribution in [3.05, 3.63) is 50.5 Å². The van der Waals surface area contributed by atoms with Crippen LogP contribution in [0.25, 0.3) is 0 Å². The van der Waals surface area contributed by atoms with E-state index >= 15 is 0 Å². The Kier molecular flexibility index (Phi) is 3.73. The average Bonchev–Trinajstić information content (AvgIpc) is 2.33. The van der Waals surface area contributed by atoms with E-state index in [0.717, 1.165) is 0 Å². The van der Waals surface area contributed by atoms with Crippen molar-refractivity contribution in [3.8, 4) is 11.6 Å². The summed E-state index contributed by atoms with van der Waals surface area (Å²) >= 11 is 11.6. The molecular formula is C11H7Cl2N3O3. The zero-order valence-electron chi connectivity index (χ0n) is 9.34. The fraction of sp³-hybridized carbons (Fsp3) is 0. The van der Waals surface area contributed by atoms with Gasteiger partial charge in [-0.2, -0.15) is 4.98 Å². The predicted octanol–water partition coefficient (Wildman–Crippen LogP) is 3.67. The van der Waals surface area contributed by atoms with E-state index < -0.39 is 4.92 Å². The lowest BCUT2D eigenvalue weighted by atomic mass is 10.3. The van der Waals surface area contributed by atoms with Gasteiger partial charge in [0.1, 0.15) is 11.6 Å². The van der Waals surface area contributed by atoms with Crippen LogP contribution >= 0.6 is 23.2 Å². The van der Waals surface area contributed by atoms with Crippen molar-refractivity contribution in [1.82, 2.24) is 4.98 Å². The molecule has 0 bridgehead atoms. The Labute approximate surface area is 117 Å². The van der Waals surface area contributed by atoms with Crippen LogP contribution in [-0.4, -0.2) is 9.91 Å². The van der Waals surface area contributed by atoms with E-state index in [9.17, 15) is 10.1 Å². The SMILES string of the molecule is Nc1ccc([N+](=O)[O-])c(Oc2ccc(Cl)c(Cl)c2)n1. The molecule has 0 aliphatic rings. The molecule has 1 heterocycles. The minimum absolute atomic E-state index is 0.112. The lowest BCUT2D eigenvalue weighted by Gasteiger charge is -2.06. The highest BCUT2D eigenvalue weighted by atomic mass is 35.5. The Hall–Kier alpha value is -2.05. The Balaban J connectivity index is 2.39. The van der Waals surface area contributed by atoms with Gasteiger partial charge in [0.2, 0.25) is 0 Å². The Morgan fingerprint density at radius 2 is 1.95 bits per heavy atom. The molecule has 0 saturated heterocycles. The minimum atomic E-state index is -0.612. The standard InChI is InChI=1S/C11H7Cl2N3O3/c12-7-2-1-6(5-8(7)13)19-11-9(16(17)18)3-4-10(14)15-11/h1-5H,(H2,14,15). The number of hydrogen-bond donors (Lipinski definition) is 1. The number of pyridine rings is 1. The summed E-state index contributed by atoms with van der Waals surface area (Å²) < 4.78 is 5.31. The van der Waals surface area contributed by atoms with Crippen LogP contribution in [0.15, 0.2) is 30.3 Å². The molecule has 2 N–H and O–H groups in total. The largest absolute Gasteiger partial charge is 0.434 e. The summed E-state index contributed by atoms with van der Waals surface area (Å²) in [7, 11) is 0. The fourth-order valence-electron chi connectivity index (χ4n) is 1.31. The molecule has 0 saturated carbocycles. The summed E-state index contributed by atoms with van der Waals surface area (Å²) in [6, 6.07) is 6.99. The highest BCUT2D eigenvalue weighted by molar-refractivity contribution is 6.42. The van der Waals surface area contributed by atoms with E-state index in [1.54, 1.807) is 0 Å². The van der Waals surface area contributed by atoms with Gasteiger partial charge in [-0.25, -0.2) is 0 Å². The average molecular weight is 300 g/mol. The highest BCUT2D eigenvalue weighted by Gasteiger charge is 2.18. The third-order valence-electron chi connectivity index (χ3n) is 2.16. The summed E-state index contributed by atoms with van der Waals surface area (Å²) in [4.78, 5) is 14.0. The number of rotatable bonds is 3. The van der Waals surface area contributed by atoms with Crippen LogP contribution in [0.1, 0.15) is 0 Å². The van der Waals surface area contributed by atoms with Gasteiger partial charge in [-0.15, -0.1) is 0 Å².